The molecule has 3 rings (SSSR count). The van der Waals surface area contributed by atoms with Crippen molar-refractivity contribution in [2.24, 2.45) is 0 Å². The topological polar surface area (TPSA) is 32.3 Å². The Hall–Kier alpha value is -2.29. The molecule has 3 nitrogen and oxygen atoms in total. The maximum absolute atomic E-state index is 12.3. The van der Waals surface area contributed by atoms with Crippen molar-refractivity contribution in [1.29, 1.82) is 0 Å². The molecule has 0 saturated carbocycles. The van der Waals surface area contributed by atoms with Crippen LogP contribution < -0.4 is 10.2 Å². The first-order valence-electron chi connectivity index (χ1n) is 6.34. The van der Waals surface area contributed by atoms with E-state index in [2.05, 4.69) is 10.2 Å². The van der Waals surface area contributed by atoms with Crippen molar-refractivity contribution in [2.75, 3.05) is 11.9 Å². The first-order chi connectivity index (χ1) is 9.13. The number of hydrogen-bond donors (Lipinski definition) is 1. The molecule has 2 aromatic rings. The normalized spacial score (nSPS) is 21.8. The van der Waals surface area contributed by atoms with Gasteiger partial charge in [0.25, 0.3) is 5.91 Å². The number of benzene rings is 2. The van der Waals surface area contributed by atoms with Gasteiger partial charge in [-0.3, -0.25) is 4.79 Å². The summed E-state index contributed by atoms with van der Waals surface area (Å²) in [5.41, 5.74) is 2.23. The third-order valence-corrected chi connectivity index (χ3v) is 3.87. The van der Waals surface area contributed by atoms with Crippen LogP contribution in [0.4, 0.5) is 5.69 Å². The van der Waals surface area contributed by atoms with Gasteiger partial charge >= 0.3 is 0 Å². The molecule has 1 N–H and O–H groups in total. The quantitative estimate of drug-likeness (QED) is 0.846. The third-order valence-electron chi connectivity index (χ3n) is 3.87. The number of amides is 1. The molecule has 3 heteroatoms. The number of para-hydroxylation sites is 1. The number of rotatable bonds is 1. The van der Waals surface area contributed by atoms with Crippen molar-refractivity contribution in [3.63, 3.8) is 0 Å². The Morgan fingerprint density at radius 3 is 2.37 bits per heavy atom. The van der Waals surface area contributed by atoms with Gasteiger partial charge in [-0.25, -0.2) is 0 Å². The molecule has 1 heterocycles. The highest BCUT2D eigenvalue weighted by atomic mass is 16.2. The average molecular weight is 252 g/mol. The number of carbonyl (C=O) groups excluding carboxylic acids is 1. The molecule has 19 heavy (non-hydrogen) atoms. The molecule has 96 valence electrons. The van der Waals surface area contributed by atoms with E-state index in [1.54, 1.807) is 0 Å². The van der Waals surface area contributed by atoms with Crippen LogP contribution in [0.25, 0.3) is 0 Å². The van der Waals surface area contributed by atoms with Gasteiger partial charge in [-0.1, -0.05) is 42.5 Å². The zero-order valence-corrected chi connectivity index (χ0v) is 11.1. The van der Waals surface area contributed by atoms with Crippen LogP contribution in [0.2, 0.25) is 0 Å². The van der Waals surface area contributed by atoms with Crippen LogP contribution in [0.5, 0.6) is 0 Å². The molecule has 0 saturated heterocycles. The van der Waals surface area contributed by atoms with Crippen LogP contribution >= 0.6 is 0 Å². The molecular weight excluding hydrogens is 236 g/mol. The standard InChI is InChI=1S/C16H16N2O/c1-16(12-8-4-3-5-9-12)17-15(19)13-10-6-7-11-14(13)18(16)2/h3-11H,1-2H3,(H,17,19). The molecule has 1 amide bonds. The summed E-state index contributed by atoms with van der Waals surface area (Å²) in [5, 5.41) is 3.10. The SMILES string of the molecule is CN1c2ccccc2C(=O)NC1(C)c1ccccc1. The second-order valence-electron chi connectivity index (χ2n) is 4.97. The van der Waals surface area contributed by atoms with Crippen molar-refractivity contribution in [3.8, 4) is 0 Å². The number of nitrogens with zero attached hydrogens (tertiary/aromatic N) is 1. The summed E-state index contributed by atoms with van der Waals surface area (Å²) in [7, 11) is 2.01. The molecule has 0 fully saturated rings. The van der Waals surface area contributed by atoms with E-state index in [-0.39, 0.29) is 5.91 Å². The molecule has 1 atom stereocenters. The van der Waals surface area contributed by atoms with Crippen molar-refractivity contribution >= 4 is 11.6 Å². The number of anilines is 1. The van der Waals surface area contributed by atoms with E-state index in [9.17, 15) is 4.79 Å². The molecule has 0 bridgehead atoms. The number of fused-ring (bicyclic) bond motifs is 1. The molecule has 1 aliphatic rings. The minimum atomic E-state index is -0.521. The van der Waals surface area contributed by atoms with Gasteiger partial charge in [-0.2, -0.15) is 0 Å². The predicted molar refractivity (Wildman–Crippen MR) is 76.1 cm³/mol. The lowest BCUT2D eigenvalue weighted by atomic mass is 9.94. The maximum Gasteiger partial charge on any atom is 0.255 e. The van der Waals surface area contributed by atoms with Gasteiger partial charge in [-0.05, 0) is 24.6 Å². The average Bonchev–Trinajstić information content (AvgIpc) is 2.46. The van der Waals surface area contributed by atoms with E-state index in [0.717, 1.165) is 16.8 Å². The van der Waals surface area contributed by atoms with E-state index in [1.165, 1.54) is 0 Å². The Labute approximate surface area is 112 Å². The Balaban J connectivity index is 2.14. The lowest BCUT2D eigenvalue weighted by Crippen LogP contribution is -2.58. The Morgan fingerprint density at radius 2 is 1.63 bits per heavy atom. The van der Waals surface area contributed by atoms with E-state index in [1.807, 2.05) is 68.6 Å². The van der Waals surface area contributed by atoms with Crippen LogP contribution in [-0.4, -0.2) is 13.0 Å². The Kier molecular flexibility index (Phi) is 2.56. The van der Waals surface area contributed by atoms with E-state index in [4.69, 9.17) is 0 Å². The Morgan fingerprint density at radius 1 is 1.00 bits per heavy atom. The maximum atomic E-state index is 12.3. The van der Waals surface area contributed by atoms with Crippen molar-refractivity contribution in [2.45, 2.75) is 12.6 Å². The van der Waals surface area contributed by atoms with Crippen LogP contribution in [-0.2, 0) is 5.66 Å². The summed E-state index contributed by atoms with van der Waals surface area (Å²) in [6, 6.07) is 17.7. The second kappa shape index (κ2) is 4.12. The zero-order chi connectivity index (χ0) is 13.5. The van der Waals surface area contributed by atoms with Gasteiger partial charge in [0, 0.05) is 7.05 Å². The van der Waals surface area contributed by atoms with Gasteiger partial charge in [0.15, 0.2) is 0 Å². The first-order valence-corrected chi connectivity index (χ1v) is 6.34. The summed E-state index contributed by atoms with van der Waals surface area (Å²) in [4.78, 5) is 14.4. The molecule has 0 spiro atoms. The fraction of sp³-hybridized carbons (Fsp3) is 0.188. The minimum absolute atomic E-state index is 0.0277. The summed E-state index contributed by atoms with van der Waals surface area (Å²) in [6.45, 7) is 2.02. The second-order valence-corrected chi connectivity index (χ2v) is 4.97. The van der Waals surface area contributed by atoms with Crippen LogP contribution in [0.1, 0.15) is 22.8 Å². The Bertz CT molecular complexity index is 624. The van der Waals surface area contributed by atoms with Crippen LogP contribution in [0.3, 0.4) is 0 Å². The fourth-order valence-corrected chi connectivity index (χ4v) is 2.60. The molecule has 2 aromatic carbocycles. The highest BCUT2D eigenvalue weighted by Crippen LogP contribution is 2.35. The number of hydrogen-bond acceptors (Lipinski definition) is 2. The van der Waals surface area contributed by atoms with Gasteiger partial charge in [0.2, 0.25) is 0 Å². The highest BCUT2D eigenvalue weighted by molar-refractivity contribution is 6.02. The lowest BCUT2D eigenvalue weighted by Gasteiger charge is -2.45. The smallest absolute Gasteiger partial charge is 0.255 e. The summed E-state index contributed by atoms with van der Waals surface area (Å²) < 4.78 is 0. The minimum Gasteiger partial charge on any atom is -0.348 e. The molecule has 0 aliphatic carbocycles. The molecule has 1 unspecified atom stereocenters. The largest absolute Gasteiger partial charge is 0.348 e. The summed E-state index contributed by atoms with van der Waals surface area (Å²) >= 11 is 0. The monoisotopic (exact) mass is 252 g/mol. The van der Waals surface area contributed by atoms with E-state index >= 15 is 0 Å². The van der Waals surface area contributed by atoms with Gasteiger partial charge in [0.05, 0.1) is 11.3 Å². The molecule has 1 aliphatic heterocycles. The highest BCUT2D eigenvalue weighted by Gasteiger charge is 2.39. The van der Waals surface area contributed by atoms with E-state index < -0.39 is 5.66 Å². The lowest BCUT2D eigenvalue weighted by molar-refractivity contribution is 0.0890. The number of carbonyl (C=O) groups is 1. The fourth-order valence-electron chi connectivity index (χ4n) is 2.60. The molecule has 0 aromatic heterocycles. The third kappa shape index (κ3) is 1.70. The van der Waals surface area contributed by atoms with Crippen molar-refractivity contribution < 1.29 is 4.79 Å². The van der Waals surface area contributed by atoms with Crippen LogP contribution in [0, 0.1) is 0 Å². The van der Waals surface area contributed by atoms with Crippen molar-refractivity contribution in [3.05, 3.63) is 65.7 Å². The van der Waals surface area contributed by atoms with Gasteiger partial charge in [-0.15, -0.1) is 0 Å². The summed E-state index contributed by atoms with van der Waals surface area (Å²) in [6.07, 6.45) is 0. The number of nitrogens with one attached hydrogen (secondary N) is 1. The van der Waals surface area contributed by atoms with Crippen molar-refractivity contribution in [1.82, 2.24) is 5.32 Å². The zero-order valence-electron chi connectivity index (χ0n) is 11.1. The predicted octanol–water partition coefficient (Wildman–Crippen LogP) is 2.74. The first kappa shape index (κ1) is 11.8. The van der Waals surface area contributed by atoms with E-state index in [0.29, 0.717) is 0 Å². The van der Waals surface area contributed by atoms with Crippen LogP contribution in [0.15, 0.2) is 54.6 Å². The molecular formula is C16H16N2O. The molecule has 0 radical (unpaired) electrons. The van der Waals surface area contributed by atoms with Gasteiger partial charge < -0.3 is 10.2 Å². The van der Waals surface area contributed by atoms with Gasteiger partial charge in [0.1, 0.15) is 5.66 Å². The summed E-state index contributed by atoms with van der Waals surface area (Å²) in [5.74, 6) is -0.0277.